The predicted molar refractivity (Wildman–Crippen MR) is 82.5 cm³/mol. The lowest BCUT2D eigenvalue weighted by molar-refractivity contribution is -0.123. The number of nitrogens with one attached hydrogen (secondary N) is 2. The third kappa shape index (κ3) is 8.10. The van der Waals surface area contributed by atoms with E-state index < -0.39 is 6.61 Å². The lowest BCUT2D eigenvalue weighted by Crippen LogP contribution is -2.41. The first-order valence-electron chi connectivity index (χ1n) is 7.09. The van der Waals surface area contributed by atoms with E-state index in [2.05, 4.69) is 15.4 Å². The van der Waals surface area contributed by atoms with E-state index in [1.165, 1.54) is 24.3 Å². The molecule has 2 N–H and O–H groups in total. The lowest BCUT2D eigenvalue weighted by atomic mass is 10.3. The van der Waals surface area contributed by atoms with Crippen molar-refractivity contribution in [1.29, 1.82) is 0 Å². The minimum Gasteiger partial charge on any atom is -0.435 e. The first-order chi connectivity index (χ1) is 10.8. The summed E-state index contributed by atoms with van der Waals surface area (Å²) in [6.07, 6.45) is 0. The number of likely N-dealkylation sites (N-methyl/N-ethyl adjacent to an activating group) is 1. The second-order valence-electron chi connectivity index (χ2n) is 5.35. The van der Waals surface area contributed by atoms with Gasteiger partial charge in [-0.05, 0) is 45.2 Å². The van der Waals surface area contributed by atoms with Crippen LogP contribution in [0.25, 0.3) is 0 Å². The molecule has 0 aromatic heterocycles. The van der Waals surface area contributed by atoms with Gasteiger partial charge in [0.25, 0.3) is 0 Å². The van der Waals surface area contributed by atoms with Crippen molar-refractivity contribution in [3.63, 3.8) is 0 Å². The maximum atomic E-state index is 12.0. The van der Waals surface area contributed by atoms with Crippen molar-refractivity contribution in [2.75, 3.05) is 25.5 Å². The van der Waals surface area contributed by atoms with E-state index in [0.717, 1.165) is 0 Å². The Labute approximate surface area is 133 Å². The highest BCUT2D eigenvalue weighted by Crippen LogP contribution is 2.17. The largest absolute Gasteiger partial charge is 0.435 e. The van der Waals surface area contributed by atoms with Gasteiger partial charge in [0.1, 0.15) is 5.75 Å². The van der Waals surface area contributed by atoms with Gasteiger partial charge in [-0.3, -0.25) is 14.5 Å². The van der Waals surface area contributed by atoms with E-state index >= 15 is 0 Å². The van der Waals surface area contributed by atoms with Crippen LogP contribution in [-0.4, -0.2) is 49.5 Å². The van der Waals surface area contributed by atoms with Gasteiger partial charge in [0, 0.05) is 11.7 Å². The second-order valence-corrected chi connectivity index (χ2v) is 5.35. The zero-order valence-electron chi connectivity index (χ0n) is 13.3. The van der Waals surface area contributed by atoms with Gasteiger partial charge in [-0.1, -0.05) is 0 Å². The van der Waals surface area contributed by atoms with Gasteiger partial charge in [-0.2, -0.15) is 8.78 Å². The van der Waals surface area contributed by atoms with Crippen LogP contribution in [0.5, 0.6) is 5.75 Å². The highest BCUT2D eigenvalue weighted by atomic mass is 19.3. The molecule has 0 saturated heterocycles. The van der Waals surface area contributed by atoms with Crippen molar-refractivity contribution in [2.24, 2.45) is 0 Å². The number of nitrogens with zero attached hydrogens (tertiary/aromatic N) is 1. The van der Waals surface area contributed by atoms with Gasteiger partial charge in [0.05, 0.1) is 13.1 Å². The average molecular weight is 329 g/mol. The van der Waals surface area contributed by atoms with Crippen molar-refractivity contribution in [3.8, 4) is 5.75 Å². The molecule has 0 bridgehead atoms. The molecule has 0 heterocycles. The fourth-order valence-electron chi connectivity index (χ4n) is 1.83. The molecule has 1 aromatic carbocycles. The van der Waals surface area contributed by atoms with Crippen molar-refractivity contribution < 1.29 is 23.1 Å². The van der Waals surface area contributed by atoms with Crippen LogP contribution >= 0.6 is 0 Å². The SMILES string of the molecule is CC(C)NC(=O)CN(C)CC(=O)Nc1ccc(OC(F)F)cc1. The molecule has 1 rings (SSSR count). The highest BCUT2D eigenvalue weighted by Gasteiger charge is 2.12. The third-order valence-electron chi connectivity index (χ3n) is 2.64. The molecule has 128 valence electrons. The number of benzene rings is 1. The highest BCUT2D eigenvalue weighted by molar-refractivity contribution is 5.92. The van der Waals surface area contributed by atoms with Crippen LogP contribution in [0.4, 0.5) is 14.5 Å². The molecular formula is C15H21F2N3O3. The van der Waals surface area contributed by atoms with E-state index in [9.17, 15) is 18.4 Å². The summed E-state index contributed by atoms with van der Waals surface area (Å²) in [6.45, 7) is 0.951. The maximum Gasteiger partial charge on any atom is 0.387 e. The molecule has 6 nitrogen and oxygen atoms in total. The zero-order chi connectivity index (χ0) is 17.4. The van der Waals surface area contributed by atoms with Crippen LogP contribution in [0, 0.1) is 0 Å². The third-order valence-corrected chi connectivity index (χ3v) is 2.64. The number of ether oxygens (including phenoxy) is 1. The molecule has 0 unspecified atom stereocenters. The number of hydrogen-bond donors (Lipinski definition) is 2. The smallest absolute Gasteiger partial charge is 0.387 e. The van der Waals surface area contributed by atoms with Gasteiger partial charge in [0.15, 0.2) is 0 Å². The zero-order valence-corrected chi connectivity index (χ0v) is 13.3. The first kappa shape index (κ1) is 18.8. The monoisotopic (exact) mass is 329 g/mol. The van der Waals surface area contributed by atoms with Gasteiger partial charge >= 0.3 is 6.61 Å². The van der Waals surface area contributed by atoms with Crippen molar-refractivity contribution >= 4 is 17.5 Å². The molecular weight excluding hydrogens is 308 g/mol. The Balaban J connectivity index is 2.42. The van der Waals surface area contributed by atoms with E-state index in [-0.39, 0.29) is 36.7 Å². The summed E-state index contributed by atoms with van der Waals surface area (Å²) in [5.41, 5.74) is 0.455. The quantitative estimate of drug-likeness (QED) is 0.761. The van der Waals surface area contributed by atoms with E-state index in [1.54, 1.807) is 11.9 Å². The Bertz CT molecular complexity index is 521. The molecule has 0 atom stereocenters. The minimum absolute atomic E-state index is 0.0143. The Morgan fingerprint density at radius 2 is 1.70 bits per heavy atom. The van der Waals surface area contributed by atoms with Gasteiger partial charge in [-0.25, -0.2) is 0 Å². The molecule has 0 aliphatic carbocycles. The van der Waals surface area contributed by atoms with E-state index in [1.807, 2.05) is 13.8 Å². The predicted octanol–water partition coefficient (Wildman–Crippen LogP) is 1.68. The average Bonchev–Trinajstić information content (AvgIpc) is 2.38. The summed E-state index contributed by atoms with van der Waals surface area (Å²) in [4.78, 5) is 25.0. The maximum absolute atomic E-state index is 12.0. The Hall–Kier alpha value is -2.22. The second kappa shape index (κ2) is 9.04. The van der Waals surface area contributed by atoms with Crippen LogP contribution in [0.2, 0.25) is 0 Å². The van der Waals surface area contributed by atoms with E-state index in [4.69, 9.17) is 0 Å². The summed E-state index contributed by atoms with van der Waals surface area (Å²) in [6, 6.07) is 5.63. The summed E-state index contributed by atoms with van der Waals surface area (Å²) in [5, 5.41) is 5.34. The Kier molecular flexibility index (Phi) is 7.40. The van der Waals surface area contributed by atoms with Crippen LogP contribution in [0.3, 0.4) is 0 Å². The van der Waals surface area contributed by atoms with Gasteiger partial charge < -0.3 is 15.4 Å². The number of hydrogen-bond acceptors (Lipinski definition) is 4. The van der Waals surface area contributed by atoms with Crippen LogP contribution < -0.4 is 15.4 Å². The summed E-state index contributed by atoms with van der Waals surface area (Å²) < 4.78 is 28.3. The topological polar surface area (TPSA) is 70.7 Å². The van der Waals surface area contributed by atoms with Crippen LogP contribution in [0.1, 0.15) is 13.8 Å². The molecule has 1 aromatic rings. The Morgan fingerprint density at radius 1 is 1.13 bits per heavy atom. The Morgan fingerprint density at radius 3 is 2.22 bits per heavy atom. The molecule has 0 radical (unpaired) electrons. The number of carbonyl (C=O) groups is 2. The number of carbonyl (C=O) groups excluding carboxylic acids is 2. The lowest BCUT2D eigenvalue weighted by Gasteiger charge is -2.17. The number of halogens is 2. The fourth-order valence-corrected chi connectivity index (χ4v) is 1.83. The van der Waals surface area contributed by atoms with Crippen LogP contribution in [-0.2, 0) is 9.59 Å². The molecule has 2 amide bonds. The summed E-state index contributed by atoms with van der Waals surface area (Å²) >= 11 is 0. The number of rotatable bonds is 8. The molecule has 0 fully saturated rings. The van der Waals surface area contributed by atoms with Crippen molar-refractivity contribution in [2.45, 2.75) is 26.5 Å². The van der Waals surface area contributed by atoms with Crippen molar-refractivity contribution in [3.05, 3.63) is 24.3 Å². The normalized spacial score (nSPS) is 11.0. The molecule has 0 aliphatic heterocycles. The standard InChI is InChI=1S/C15H21F2N3O3/c1-10(2)18-13(21)8-20(3)9-14(22)19-11-4-6-12(7-5-11)23-15(16)17/h4-7,10,15H,8-9H2,1-3H3,(H,18,21)(H,19,22). The molecule has 0 spiro atoms. The van der Waals surface area contributed by atoms with Gasteiger partial charge in [0.2, 0.25) is 11.8 Å². The first-order valence-corrected chi connectivity index (χ1v) is 7.09. The summed E-state index contributed by atoms with van der Waals surface area (Å²) in [7, 11) is 1.65. The van der Waals surface area contributed by atoms with Gasteiger partial charge in [-0.15, -0.1) is 0 Å². The molecule has 0 aliphatic rings. The number of amides is 2. The number of alkyl halides is 2. The summed E-state index contributed by atoms with van der Waals surface area (Å²) in [5.74, 6) is -0.461. The van der Waals surface area contributed by atoms with Crippen LogP contribution in [0.15, 0.2) is 24.3 Å². The van der Waals surface area contributed by atoms with E-state index in [0.29, 0.717) is 5.69 Å². The molecule has 8 heteroatoms. The van der Waals surface area contributed by atoms with Crippen molar-refractivity contribution in [1.82, 2.24) is 10.2 Å². The minimum atomic E-state index is -2.89. The molecule has 23 heavy (non-hydrogen) atoms. The number of anilines is 1. The molecule has 0 saturated carbocycles. The fraction of sp³-hybridized carbons (Fsp3) is 0.467.